The number of aromatic nitrogens is 1. The van der Waals surface area contributed by atoms with E-state index >= 15 is 0 Å². The molecular formula is C25H32N2O4. The number of hydrogen-bond acceptors (Lipinski definition) is 5. The number of nitrogens with zero attached hydrogens (tertiary/aromatic N) is 2. The predicted octanol–water partition coefficient (Wildman–Crippen LogP) is 5.29. The Morgan fingerprint density at radius 3 is 2.39 bits per heavy atom. The molecule has 31 heavy (non-hydrogen) atoms. The number of unbranched alkanes of at least 4 members (excludes halogenated alkanes) is 4. The van der Waals surface area contributed by atoms with Crippen molar-refractivity contribution in [2.45, 2.75) is 72.3 Å². The monoisotopic (exact) mass is 424 g/mol. The molecule has 0 radical (unpaired) electrons. The topological polar surface area (TPSA) is 92.3 Å². The second-order valence-corrected chi connectivity index (χ2v) is 7.86. The molecule has 2 aromatic rings. The van der Waals surface area contributed by atoms with Gasteiger partial charge in [-0.05, 0) is 56.5 Å². The van der Waals surface area contributed by atoms with Crippen LogP contribution in [0.3, 0.4) is 0 Å². The fourth-order valence-corrected chi connectivity index (χ4v) is 3.53. The second-order valence-electron chi connectivity index (χ2n) is 7.86. The van der Waals surface area contributed by atoms with Gasteiger partial charge < -0.3 is 9.84 Å². The van der Waals surface area contributed by atoms with Crippen molar-refractivity contribution in [1.29, 1.82) is 5.26 Å². The molecular weight excluding hydrogens is 392 g/mol. The molecule has 0 aliphatic rings. The van der Waals surface area contributed by atoms with Crippen LogP contribution in [0.15, 0.2) is 29.1 Å². The number of carbonyl (C=O) groups is 1. The Hall–Kier alpha value is -3.07. The molecule has 6 heteroatoms. The smallest absolute Gasteiger partial charge is 0.271 e. The number of hydrogen-bond donors (Lipinski definition) is 1. The summed E-state index contributed by atoms with van der Waals surface area (Å²) in [5.41, 5.74) is -0.162. The molecule has 1 aromatic carbocycles. The maximum Gasteiger partial charge on any atom is 0.271 e. The first-order valence-corrected chi connectivity index (χ1v) is 11.0. The number of rotatable bonds is 11. The van der Waals surface area contributed by atoms with Crippen molar-refractivity contribution >= 4 is 5.78 Å². The van der Waals surface area contributed by atoms with Crippen molar-refractivity contribution in [2.75, 3.05) is 6.61 Å². The summed E-state index contributed by atoms with van der Waals surface area (Å²) in [5.74, 6) is -0.154. The highest BCUT2D eigenvalue weighted by atomic mass is 16.5. The molecule has 6 nitrogen and oxygen atoms in total. The Balaban J connectivity index is 2.27. The summed E-state index contributed by atoms with van der Waals surface area (Å²) in [6.07, 6.45) is 6.34. The average Bonchev–Trinajstić information content (AvgIpc) is 2.76. The molecule has 0 amide bonds. The van der Waals surface area contributed by atoms with Gasteiger partial charge in [0.15, 0.2) is 5.78 Å². The number of pyridine rings is 1. The minimum atomic E-state index is -0.578. The average molecular weight is 425 g/mol. The lowest BCUT2D eigenvalue weighted by Crippen LogP contribution is -2.28. The van der Waals surface area contributed by atoms with E-state index in [2.05, 4.69) is 6.92 Å². The molecule has 0 saturated carbocycles. The van der Waals surface area contributed by atoms with E-state index in [1.807, 2.05) is 13.0 Å². The molecule has 166 valence electrons. The largest absolute Gasteiger partial charge is 0.494 e. The second kappa shape index (κ2) is 11.4. The molecule has 1 N–H and O–H groups in total. The highest BCUT2D eigenvalue weighted by Gasteiger charge is 2.26. The Bertz CT molecular complexity index is 1000. The standard InChI is InChI=1S/C25H32N2O4/c1-5-7-8-9-10-15-31-20-13-11-19(12-14-20)23(28)22-18(4)21(16-26)24(29)27(25(22)30)17(3)6-2/h11-14,17,30H,5-10,15H2,1-4H3. The van der Waals surface area contributed by atoms with Crippen molar-refractivity contribution < 1.29 is 14.6 Å². The molecule has 1 unspecified atom stereocenters. The highest BCUT2D eigenvalue weighted by molar-refractivity contribution is 6.11. The third-order valence-corrected chi connectivity index (χ3v) is 5.64. The van der Waals surface area contributed by atoms with E-state index in [-0.39, 0.29) is 22.7 Å². The third kappa shape index (κ3) is 5.55. The minimum Gasteiger partial charge on any atom is -0.494 e. The number of ether oxygens (including phenoxy) is 1. The van der Waals surface area contributed by atoms with Gasteiger partial charge in [-0.3, -0.25) is 14.2 Å². The van der Waals surface area contributed by atoms with Gasteiger partial charge >= 0.3 is 0 Å². The lowest BCUT2D eigenvalue weighted by Gasteiger charge is -2.19. The van der Waals surface area contributed by atoms with Gasteiger partial charge in [0.05, 0.1) is 12.2 Å². The Labute approximate surface area is 184 Å². The van der Waals surface area contributed by atoms with Gasteiger partial charge in [-0.25, -0.2) is 0 Å². The SMILES string of the molecule is CCCCCCCOc1ccc(C(=O)c2c(C)c(C#N)c(=O)n(C(C)CC)c2O)cc1. The number of carbonyl (C=O) groups excluding carboxylic acids is 1. The van der Waals surface area contributed by atoms with E-state index in [4.69, 9.17) is 4.74 Å². The van der Waals surface area contributed by atoms with Crippen LogP contribution >= 0.6 is 0 Å². The van der Waals surface area contributed by atoms with Crippen LogP contribution in [-0.2, 0) is 0 Å². The van der Waals surface area contributed by atoms with E-state index in [1.165, 1.54) is 26.2 Å². The van der Waals surface area contributed by atoms with Gasteiger partial charge in [-0.1, -0.05) is 39.5 Å². The minimum absolute atomic E-state index is 0.0129. The Morgan fingerprint density at radius 2 is 1.81 bits per heavy atom. The molecule has 0 saturated heterocycles. The molecule has 1 atom stereocenters. The van der Waals surface area contributed by atoms with E-state index in [1.54, 1.807) is 31.2 Å². The summed E-state index contributed by atoms with van der Waals surface area (Å²) >= 11 is 0. The fraction of sp³-hybridized carbons (Fsp3) is 0.480. The molecule has 0 bridgehead atoms. The predicted molar refractivity (Wildman–Crippen MR) is 121 cm³/mol. The van der Waals surface area contributed by atoms with Gasteiger partial charge in [-0.2, -0.15) is 5.26 Å². The fourth-order valence-electron chi connectivity index (χ4n) is 3.53. The number of benzene rings is 1. The zero-order valence-electron chi connectivity index (χ0n) is 18.9. The van der Waals surface area contributed by atoms with Crippen LogP contribution in [0.4, 0.5) is 0 Å². The zero-order chi connectivity index (χ0) is 23.0. The van der Waals surface area contributed by atoms with Crippen LogP contribution in [-0.4, -0.2) is 22.1 Å². The maximum atomic E-state index is 13.2. The van der Waals surface area contributed by atoms with Gasteiger partial charge in [0.1, 0.15) is 17.4 Å². The molecule has 2 rings (SSSR count). The van der Waals surface area contributed by atoms with Gasteiger partial charge in [0.2, 0.25) is 5.88 Å². The van der Waals surface area contributed by atoms with Crippen LogP contribution in [0.1, 0.15) is 92.4 Å². The van der Waals surface area contributed by atoms with E-state index in [9.17, 15) is 20.0 Å². The van der Waals surface area contributed by atoms with Crippen molar-refractivity contribution in [1.82, 2.24) is 4.57 Å². The lowest BCUT2D eigenvalue weighted by atomic mass is 9.96. The normalized spacial score (nSPS) is 11.7. The summed E-state index contributed by atoms with van der Waals surface area (Å²) in [5, 5.41) is 20.2. The summed E-state index contributed by atoms with van der Waals surface area (Å²) in [6, 6.07) is 8.27. The molecule has 0 spiro atoms. The van der Waals surface area contributed by atoms with Crippen LogP contribution in [0.5, 0.6) is 11.6 Å². The quantitative estimate of drug-likeness (QED) is 0.391. The maximum absolute atomic E-state index is 13.2. The zero-order valence-corrected chi connectivity index (χ0v) is 18.9. The van der Waals surface area contributed by atoms with E-state index in [0.29, 0.717) is 24.3 Å². The molecule has 1 aromatic heterocycles. The van der Waals surface area contributed by atoms with Gasteiger partial charge in [-0.15, -0.1) is 0 Å². The van der Waals surface area contributed by atoms with Gasteiger partial charge in [0.25, 0.3) is 5.56 Å². The van der Waals surface area contributed by atoms with Crippen LogP contribution in [0.25, 0.3) is 0 Å². The molecule has 0 aliphatic carbocycles. The summed E-state index contributed by atoms with van der Waals surface area (Å²) < 4.78 is 6.88. The van der Waals surface area contributed by atoms with Crippen molar-refractivity contribution in [3.8, 4) is 17.7 Å². The molecule has 0 aliphatic heterocycles. The van der Waals surface area contributed by atoms with Crippen molar-refractivity contribution in [2.24, 2.45) is 0 Å². The van der Waals surface area contributed by atoms with Crippen LogP contribution < -0.4 is 10.3 Å². The first-order chi connectivity index (χ1) is 14.9. The number of nitriles is 1. The van der Waals surface area contributed by atoms with Gasteiger partial charge in [0, 0.05) is 11.6 Å². The number of aromatic hydroxyl groups is 1. The van der Waals surface area contributed by atoms with E-state index < -0.39 is 17.2 Å². The van der Waals surface area contributed by atoms with Crippen LogP contribution in [0.2, 0.25) is 0 Å². The summed E-state index contributed by atoms with van der Waals surface area (Å²) in [7, 11) is 0. The summed E-state index contributed by atoms with van der Waals surface area (Å²) in [6.45, 7) is 7.96. The van der Waals surface area contributed by atoms with Crippen LogP contribution in [0, 0.1) is 18.3 Å². The highest BCUT2D eigenvalue weighted by Crippen LogP contribution is 2.28. The molecule has 1 heterocycles. The first kappa shape index (κ1) is 24.2. The Kier molecular flexibility index (Phi) is 8.87. The van der Waals surface area contributed by atoms with Crippen molar-refractivity contribution in [3.05, 3.63) is 56.9 Å². The molecule has 0 fully saturated rings. The van der Waals surface area contributed by atoms with E-state index in [0.717, 1.165) is 17.4 Å². The first-order valence-electron chi connectivity index (χ1n) is 11.0. The third-order valence-electron chi connectivity index (χ3n) is 5.64. The van der Waals surface area contributed by atoms with Crippen molar-refractivity contribution in [3.63, 3.8) is 0 Å². The lowest BCUT2D eigenvalue weighted by molar-refractivity contribution is 0.103. The summed E-state index contributed by atoms with van der Waals surface area (Å²) in [4.78, 5) is 25.8. The Morgan fingerprint density at radius 1 is 1.16 bits per heavy atom. The number of ketones is 1.